The van der Waals surface area contributed by atoms with Crippen molar-refractivity contribution < 1.29 is 4.74 Å². The highest BCUT2D eigenvalue weighted by Gasteiger charge is 2.11. The second kappa shape index (κ2) is 7.53. The molecule has 1 unspecified atom stereocenters. The zero-order chi connectivity index (χ0) is 9.40. The molecule has 1 rings (SSSR count). The van der Waals surface area contributed by atoms with Crippen LogP contribution < -0.4 is 5.32 Å². The molecule has 0 saturated carbocycles. The predicted octanol–water partition coefficient (Wildman–Crippen LogP) is 0.563. The minimum atomic E-state index is 0.639. The van der Waals surface area contributed by atoms with Crippen LogP contribution in [0, 0.1) is 0 Å². The van der Waals surface area contributed by atoms with E-state index in [1.807, 2.05) is 26.0 Å². The Morgan fingerprint density at radius 3 is 2.33 bits per heavy atom. The van der Waals surface area contributed by atoms with Gasteiger partial charge in [0.25, 0.3) is 0 Å². The van der Waals surface area contributed by atoms with Gasteiger partial charge in [0.15, 0.2) is 0 Å². The summed E-state index contributed by atoms with van der Waals surface area (Å²) in [5.74, 6) is 0. The smallest absolute Gasteiger partial charge is 0.0615 e. The number of hydrogen-bond donors (Lipinski definition) is 1. The van der Waals surface area contributed by atoms with Gasteiger partial charge in [-0.25, -0.2) is 0 Å². The number of rotatable bonds is 2. The van der Waals surface area contributed by atoms with Crippen LogP contribution in [0.15, 0.2) is 0 Å². The number of ether oxygens (including phenoxy) is 1. The first-order valence-electron chi connectivity index (χ1n) is 4.50. The molecule has 0 bridgehead atoms. The van der Waals surface area contributed by atoms with Gasteiger partial charge >= 0.3 is 0 Å². The molecule has 1 aliphatic heterocycles. The molecule has 1 N–H and O–H groups in total. The van der Waals surface area contributed by atoms with E-state index in [9.17, 15) is 0 Å². The maximum Gasteiger partial charge on any atom is 0.0615 e. The van der Waals surface area contributed by atoms with Crippen molar-refractivity contribution in [2.45, 2.75) is 18.9 Å². The SMILES string of the molecule is CN(C)C.COCC1CCCN1. The summed E-state index contributed by atoms with van der Waals surface area (Å²) in [4.78, 5) is 2.00. The first kappa shape index (κ1) is 11.9. The molecule has 1 atom stereocenters. The molecule has 1 fully saturated rings. The highest BCUT2D eigenvalue weighted by molar-refractivity contribution is 4.72. The Hall–Kier alpha value is -0.120. The van der Waals surface area contributed by atoms with Crippen molar-refractivity contribution >= 4 is 0 Å². The van der Waals surface area contributed by atoms with E-state index in [1.54, 1.807) is 7.11 Å². The van der Waals surface area contributed by atoms with Crippen molar-refractivity contribution in [2.24, 2.45) is 0 Å². The molecule has 0 aromatic rings. The fourth-order valence-corrected chi connectivity index (χ4v) is 1.10. The molecular formula is C9H22N2O. The fourth-order valence-electron chi connectivity index (χ4n) is 1.10. The van der Waals surface area contributed by atoms with Gasteiger partial charge in [-0.15, -0.1) is 0 Å². The monoisotopic (exact) mass is 174 g/mol. The quantitative estimate of drug-likeness (QED) is 0.662. The van der Waals surface area contributed by atoms with Crippen molar-refractivity contribution in [3.05, 3.63) is 0 Å². The predicted molar refractivity (Wildman–Crippen MR) is 52.5 cm³/mol. The Morgan fingerprint density at radius 2 is 2.00 bits per heavy atom. The lowest BCUT2D eigenvalue weighted by atomic mass is 10.2. The van der Waals surface area contributed by atoms with Crippen molar-refractivity contribution in [3.63, 3.8) is 0 Å². The normalized spacial score (nSPS) is 22.2. The fraction of sp³-hybridized carbons (Fsp3) is 1.00. The van der Waals surface area contributed by atoms with E-state index in [0.29, 0.717) is 6.04 Å². The molecule has 1 heterocycles. The molecule has 1 saturated heterocycles. The largest absolute Gasteiger partial charge is 0.383 e. The van der Waals surface area contributed by atoms with Gasteiger partial charge in [-0.1, -0.05) is 0 Å². The topological polar surface area (TPSA) is 24.5 Å². The average Bonchev–Trinajstić information content (AvgIpc) is 2.39. The number of nitrogens with one attached hydrogen (secondary N) is 1. The molecule has 0 aromatic carbocycles. The van der Waals surface area contributed by atoms with Gasteiger partial charge in [0.1, 0.15) is 0 Å². The first-order valence-corrected chi connectivity index (χ1v) is 4.50. The van der Waals surface area contributed by atoms with Crippen molar-refractivity contribution in [3.8, 4) is 0 Å². The van der Waals surface area contributed by atoms with E-state index in [0.717, 1.165) is 6.61 Å². The summed E-state index contributed by atoms with van der Waals surface area (Å²) in [6.45, 7) is 2.05. The van der Waals surface area contributed by atoms with Crippen LogP contribution in [-0.2, 0) is 4.74 Å². The number of nitrogens with zero attached hydrogens (tertiary/aromatic N) is 1. The van der Waals surface area contributed by atoms with Gasteiger partial charge < -0.3 is 15.0 Å². The number of methoxy groups -OCH3 is 1. The molecule has 1 aliphatic rings. The second-order valence-corrected chi connectivity index (χ2v) is 3.59. The summed E-state index contributed by atoms with van der Waals surface area (Å²) in [6, 6.07) is 0.639. The summed E-state index contributed by atoms with van der Waals surface area (Å²) in [7, 11) is 7.75. The molecule has 0 aliphatic carbocycles. The van der Waals surface area contributed by atoms with Crippen LogP contribution in [0.2, 0.25) is 0 Å². The van der Waals surface area contributed by atoms with Crippen LogP contribution >= 0.6 is 0 Å². The molecule has 0 radical (unpaired) electrons. The molecule has 0 spiro atoms. The van der Waals surface area contributed by atoms with Gasteiger partial charge in [-0.05, 0) is 40.5 Å². The third kappa shape index (κ3) is 7.98. The Balaban J connectivity index is 0.000000261. The van der Waals surface area contributed by atoms with E-state index in [2.05, 4.69) is 5.32 Å². The summed E-state index contributed by atoms with van der Waals surface area (Å²) < 4.78 is 4.96. The Morgan fingerprint density at radius 1 is 1.42 bits per heavy atom. The summed E-state index contributed by atoms with van der Waals surface area (Å²) >= 11 is 0. The zero-order valence-corrected chi connectivity index (χ0v) is 8.76. The molecule has 12 heavy (non-hydrogen) atoms. The van der Waals surface area contributed by atoms with Crippen molar-refractivity contribution in [1.29, 1.82) is 0 Å². The molecule has 74 valence electrons. The van der Waals surface area contributed by atoms with Crippen LogP contribution in [0.5, 0.6) is 0 Å². The summed E-state index contributed by atoms with van der Waals surface area (Å²) in [5, 5.41) is 3.33. The van der Waals surface area contributed by atoms with Crippen molar-refractivity contribution in [2.75, 3.05) is 41.4 Å². The Kier molecular flexibility index (Phi) is 7.45. The molecule has 0 amide bonds. The molecular weight excluding hydrogens is 152 g/mol. The second-order valence-electron chi connectivity index (χ2n) is 3.59. The Labute approximate surface area is 76.1 Å². The lowest BCUT2D eigenvalue weighted by Crippen LogP contribution is -2.25. The van der Waals surface area contributed by atoms with Gasteiger partial charge in [0.2, 0.25) is 0 Å². The maximum atomic E-state index is 4.96. The minimum absolute atomic E-state index is 0.639. The van der Waals surface area contributed by atoms with Crippen LogP contribution in [0.3, 0.4) is 0 Å². The van der Waals surface area contributed by atoms with E-state index < -0.39 is 0 Å². The third-order valence-corrected chi connectivity index (χ3v) is 1.53. The summed E-state index contributed by atoms with van der Waals surface area (Å²) in [6.07, 6.45) is 2.60. The van der Waals surface area contributed by atoms with Crippen LogP contribution in [0.25, 0.3) is 0 Å². The van der Waals surface area contributed by atoms with Crippen LogP contribution in [-0.4, -0.2) is 52.3 Å². The van der Waals surface area contributed by atoms with Gasteiger partial charge in [0.05, 0.1) is 6.61 Å². The molecule has 3 heteroatoms. The van der Waals surface area contributed by atoms with Crippen LogP contribution in [0.4, 0.5) is 0 Å². The average molecular weight is 174 g/mol. The first-order chi connectivity index (χ1) is 5.66. The van der Waals surface area contributed by atoms with Gasteiger partial charge in [0, 0.05) is 13.2 Å². The number of hydrogen-bond acceptors (Lipinski definition) is 3. The van der Waals surface area contributed by atoms with Gasteiger partial charge in [-0.2, -0.15) is 0 Å². The third-order valence-electron chi connectivity index (χ3n) is 1.53. The van der Waals surface area contributed by atoms with Gasteiger partial charge in [-0.3, -0.25) is 0 Å². The van der Waals surface area contributed by atoms with E-state index in [1.165, 1.54) is 19.4 Å². The van der Waals surface area contributed by atoms with Crippen LogP contribution in [0.1, 0.15) is 12.8 Å². The maximum absolute atomic E-state index is 4.96. The zero-order valence-electron chi connectivity index (χ0n) is 8.76. The van der Waals surface area contributed by atoms with Crippen molar-refractivity contribution in [1.82, 2.24) is 10.2 Å². The summed E-state index contributed by atoms with van der Waals surface area (Å²) in [5.41, 5.74) is 0. The van der Waals surface area contributed by atoms with E-state index >= 15 is 0 Å². The highest BCUT2D eigenvalue weighted by Crippen LogP contribution is 2.03. The minimum Gasteiger partial charge on any atom is -0.383 e. The van der Waals surface area contributed by atoms with E-state index in [4.69, 9.17) is 4.74 Å². The molecule has 0 aromatic heterocycles. The molecule has 3 nitrogen and oxygen atoms in total. The lowest BCUT2D eigenvalue weighted by Gasteiger charge is -2.05. The standard InChI is InChI=1S/C6H13NO.C3H9N/c1-8-5-6-3-2-4-7-6;1-4(2)3/h6-7H,2-5H2,1H3;1-3H3. The lowest BCUT2D eigenvalue weighted by molar-refractivity contribution is 0.173. The Bertz CT molecular complexity index is 87.8. The highest BCUT2D eigenvalue weighted by atomic mass is 16.5. The van der Waals surface area contributed by atoms with E-state index in [-0.39, 0.29) is 0 Å².